The SMILES string of the molecule is Cc1cccnc1CCN1CC(C(=O)O)CC1=O. The third-order valence-electron chi connectivity index (χ3n) is 3.30. The first-order valence-electron chi connectivity index (χ1n) is 5.99. The van der Waals surface area contributed by atoms with Gasteiger partial charge in [-0.15, -0.1) is 0 Å². The first-order valence-corrected chi connectivity index (χ1v) is 5.99. The van der Waals surface area contributed by atoms with Gasteiger partial charge in [0.25, 0.3) is 0 Å². The van der Waals surface area contributed by atoms with Crippen LogP contribution >= 0.6 is 0 Å². The van der Waals surface area contributed by atoms with E-state index in [-0.39, 0.29) is 12.3 Å². The Balaban J connectivity index is 1.93. The number of aryl methyl sites for hydroxylation is 1. The summed E-state index contributed by atoms with van der Waals surface area (Å²) in [5.74, 6) is -1.52. The van der Waals surface area contributed by atoms with E-state index in [4.69, 9.17) is 5.11 Å². The van der Waals surface area contributed by atoms with E-state index in [0.29, 0.717) is 19.5 Å². The molecule has 2 rings (SSSR count). The summed E-state index contributed by atoms with van der Waals surface area (Å²) < 4.78 is 0. The first kappa shape index (κ1) is 12.5. The molecule has 1 atom stereocenters. The van der Waals surface area contributed by atoms with Crippen molar-refractivity contribution in [2.45, 2.75) is 19.8 Å². The Morgan fingerprint density at radius 1 is 1.61 bits per heavy atom. The van der Waals surface area contributed by atoms with Gasteiger partial charge in [0.1, 0.15) is 0 Å². The minimum absolute atomic E-state index is 0.0732. The number of rotatable bonds is 4. The van der Waals surface area contributed by atoms with Gasteiger partial charge in [-0.25, -0.2) is 0 Å². The van der Waals surface area contributed by atoms with E-state index in [1.807, 2.05) is 19.1 Å². The van der Waals surface area contributed by atoms with Gasteiger partial charge in [-0.3, -0.25) is 14.6 Å². The van der Waals surface area contributed by atoms with Gasteiger partial charge in [-0.1, -0.05) is 6.07 Å². The number of carboxylic acids is 1. The molecule has 0 saturated carbocycles. The molecule has 5 nitrogen and oxygen atoms in total. The lowest BCUT2D eigenvalue weighted by Crippen LogP contribution is -2.28. The molecule has 5 heteroatoms. The van der Waals surface area contributed by atoms with Crippen LogP contribution in [0.25, 0.3) is 0 Å². The highest BCUT2D eigenvalue weighted by Gasteiger charge is 2.33. The zero-order valence-electron chi connectivity index (χ0n) is 10.3. The number of carbonyl (C=O) groups is 2. The molecule has 1 unspecified atom stereocenters. The first-order chi connectivity index (χ1) is 8.58. The second kappa shape index (κ2) is 5.16. The van der Waals surface area contributed by atoms with Gasteiger partial charge in [0.2, 0.25) is 5.91 Å². The van der Waals surface area contributed by atoms with E-state index in [0.717, 1.165) is 11.3 Å². The molecule has 2 heterocycles. The number of hydrogen-bond acceptors (Lipinski definition) is 3. The number of aliphatic carboxylic acids is 1. The molecule has 0 bridgehead atoms. The quantitative estimate of drug-likeness (QED) is 0.858. The van der Waals surface area contributed by atoms with Crippen molar-refractivity contribution in [1.82, 2.24) is 9.88 Å². The molecular weight excluding hydrogens is 232 g/mol. The van der Waals surface area contributed by atoms with Crippen LogP contribution in [0.2, 0.25) is 0 Å². The lowest BCUT2D eigenvalue weighted by Gasteiger charge is -2.16. The molecule has 0 aromatic carbocycles. The monoisotopic (exact) mass is 248 g/mol. The molecule has 96 valence electrons. The van der Waals surface area contributed by atoms with E-state index in [2.05, 4.69) is 4.98 Å². The van der Waals surface area contributed by atoms with Crippen LogP contribution in [0.5, 0.6) is 0 Å². The Morgan fingerprint density at radius 3 is 3.00 bits per heavy atom. The van der Waals surface area contributed by atoms with E-state index < -0.39 is 11.9 Å². The average molecular weight is 248 g/mol. The molecule has 1 aliphatic rings. The summed E-state index contributed by atoms with van der Waals surface area (Å²) >= 11 is 0. The Kier molecular flexibility index (Phi) is 3.60. The fraction of sp³-hybridized carbons (Fsp3) is 0.462. The summed E-state index contributed by atoms with van der Waals surface area (Å²) in [6.07, 6.45) is 2.52. The third kappa shape index (κ3) is 2.67. The molecule has 1 N–H and O–H groups in total. The van der Waals surface area contributed by atoms with Crippen molar-refractivity contribution in [1.29, 1.82) is 0 Å². The highest BCUT2D eigenvalue weighted by molar-refractivity contribution is 5.86. The number of likely N-dealkylation sites (tertiary alicyclic amines) is 1. The maximum Gasteiger partial charge on any atom is 0.308 e. The molecule has 1 aromatic rings. The Labute approximate surface area is 105 Å². The fourth-order valence-corrected chi connectivity index (χ4v) is 2.17. The largest absolute Gasteiger partial charge is 0.481 e. The molecule has 0 aliphatic carbocycles. The van der Waals surface area contributed by atoms with Crippen molar-refractivity contribution in [2.75, 3.05) is 13.1 Å². The van der Waals surface area contributed by atoms with Gasteiger partial charge in [0.05, 0.1) is 5.92 Å². The van der Waals surface area contributed by atoms with Crippen molar-refractivity contribution in [2.24, 2.45) is 5.92 Å². The molecule has 0 radical (unpaired) electrons. The second-order valence-corrected chi connectivity index (χ2v) is 4.60. The van der Waals surface area contributed by atoms with E-state index >= 15 is 0 Å². The van der Waals surface area contributed by atoms with E-state index in [1.165, 1.54) is 0 Å². The second-order valence-electron chi connectivity index (χ2n) is 4.60. The zero-order chi connectivity index (χ0) is 13.1. The van der Waals surface area contributed by atoms with Crippen molar-refractivity contribution < 1.29 is 14.7 Å². The Hall–Kier alpha value is -1.91. The highest BCUT2D eigenvalue weighted by atomic mass is 16.4. The number of pyridine rings is 1. The summed E-state index contributed by atoms with van der Waals surface area (Å²) in [6.45, 7) is 2.84. The minimum Gasteiger partial charge on any atom is -0.481 e. The predicted molar refractivity (Wildman–Crippen MR) is 65.0 cm³/mol. The average Bonchev–Trinajstić information content (AvgIpc) is 2.70. The lowest BCUT2D eigenvalue weighted by atomic mass is 10.1. The maximum absolute atomic E-state index is 11.6. The molecular formula is C13H16N2O3. The van der Waals surface area contributed by atoms with Gasteiger partial charge >= 0.3 is 5.97 Å². The molecule has 1 amide bonds. The molecule has 1 fully saturated rings. The van der Waals surface area contributed by atoms with Gasteiger partial charge < -0.3 is 10.0 Å². The van der Waals surface area contributed by atoms with Crippen LogP contribution in [0.15, 0.2) is 18.3 Å². The van der Waals surface area contributed by atoms with Gasteiger partial charge in [0.15, 0.2) is 0 Å². The third-order valence-corrected chi connectivity index (χ3v) is 3.30. The summed E-state index contributed by atoms with van der Waals surface area (Å²) in [7, 11) is 0. The molecule has 0 spiro atoms. The van der Waals surface area contributed by atoms with E-state index in [9.17, 15) is 9.59 Å². The van der Waals surface area contributed by atoms with Crippen molar-refractivity contribution in [3.05, 3.63) is 29.6 Å². The summed E-state index contributed by atoms with van der Waals surface area (Å²) in [4.78, 5) is 28.3. The van der Waals surface area contributed by atoms with E-state index in [1.54, 1.807) is 11.1 Å². The lowest BCUT2D eigenvalue weighted by molar-refractivity contribution is -0.141. The predicted octanol–water partition coefficient (Wildman–Crippen LogP) is 0.866. The van der Waals surface area contributed by atoms with Gasteiger partial charge in [-0.05, 0) is 18.6 Å². The standard InChI is InChI=1S/C13H16N2O3/c1-9-3-2-5-14-11(9)4-6-15-8-10(13(17)18)7-12(15)16/h2-3,5,10H,4,6-8H2,1H3,(H,17,18). The summed E-state index contributed by atoms with van der Waals surface area (Å²) in [6, 6.07) is 3.86. The molecule has 1 aromatic heterocycles. The molecule has 1 aliphatic heterocycles. The van der Waals surface area contributed by atoms with Crippen LogP contribution in [0, 0.1) is 12.8 Å². The summed E-state index contributed by atoms with van der Waals surface area (Å²) in [5.41, 5.74) is 2.06. The number of carbonyl (C=O) groups excluding carboxylic acids is 1. The zero-order valence-corrected chi connectivity index (χ0v) is 10.3. The van der Waals surface area contributed by atoms with Gasteiger partial charge in [-0.2, -0.15) is 0 Å². The van der Waals surface area contributed by atoms with Crippen LogP contribution < -0.4 is 0 Å². The van der Waals surface area contributed by atoms with Crippen LogP contribution in [-0.4, -0.2) is 40.0 Å². The van der Waals surface area contributed by atoms with Crippen molar-refractivity contribution in [3.63, 3.8) is 0 Å². The van der Waals surface area contributed by atoms with Crippen LogP contribution in [0.1, 0.15) is 17.7 Å². The molecule has 18 heavy (non-hydrogen) atoms. The number of carboxylic acid groups (broad SMARTS) is 1. The Bertz CT molecular complexity index is 473. The maximum atomic E-state index is 11.6. The Morgan fingerprint density at radius 2 is 2.39 bits per heavy atom. The topological polar surface area (TPSA) is 70.5 Å². The van der Waals surface area contributed by atoms with Crippen LogP contribution in [0.4, 0.5) is 0 Å². The highest BCUT2D eigenvalue weighted by Crippen LogP contribution is 2.18. The normalized spacial score (nSPS) is 19.3. The number of nitrogens with zero attached hydrogens (tertiary/aromatic N) is 2. The fourth-order valence-electron chi connectivity index (χ4n) is 2.17. The van der Waals surface area contributed by atoms with Crippen LogP contribution in [-0.2, 0) is 16.0 Å². The minimum atomic E-state index is -0.889. The van der Waals surface area contributed by atoms with Crippen molar-refractivity contribution >= 4 is 11.9 Å². The smallest absolute Gasteiger partial charge is 0.308 e. The van der Waals surface area contributed by atoms with Gasteiger partial charge in [0, 0.05) is 37.8 Å². The van der Waals surface area contributed by atoms with Crippen molar-refractivity contribution in [3.8, 4) is 0 Å². The summed E-state index contributed by atoms with van der Waals surface area (Å²) in [5, 5.41) is 8.89. The molecule has 1 saturated heterocycles. The van der Waals surface area contributed by atoms with Crippen LogP contribution in [0.3, 0.4) is 0 Å². The number of amides is 1. The number of hydrogen-bond donors (Lipinski definition) is 1. The number of aromatic nitrogens is 1.